The first kappa shape index (κ1) is 16.4. The summed E-state index contributed by atoms with van der Waals surface area (Å²) in [4.78, 5) is 4.58. The molecule has 0 saturated heterocycles. The van der Waals surface area contributed by atoms with E-state index in [0.29, 0.717) is 47.4 Å². The fourth-order valence-electron chi connectivity index (χ4n) is 3.04. The summed E-state index contributed by atoms with van der Waals surface area (Å²) in [5.41, 5.74) is 1.75. The number of ether oxygens (including phenoxy) is 2. The van der Waals surface area contributed by atoms with Gasteiger partial charge >= 0.3 is 0 Å². The maximum absolute atomic E-state index is 12.8. The van der Waals surface area contributed by atoms with Crippen molar-refractivity contribution in [2.45, 2.75) is 30.1 Å². The van der Waals surface area contributed by atoms with Crippen LogP contribution in [0.2, 0.25) is 0 Å². The smallest absolute Gasteiger partial charge is 0.262 e. The zero-order valence-electron chi connectivity index (χ0n) is 14.5. The molecule has 1 aromatic heterocycles. The van der Waals surface area contributed by atoms with Gasteiger partial charge in [0.05, 0.1) is 23.8 Å². The summed E-state index contributed by atoms with van der Waals surface area (Å²) in [6.45, 7) is 1.05. The average molecular weight is 386 g/mol. The molecule has 1 aliphatic heterocycles. The Hall–Kier alpha value is -2.74. The van der Waals surface area contributed by atoms with Gasteiger partial charge in [0.1, 0.15) is 5.52 Å². The van der Waals surface area contributed by atoms with E-state index < -0.39 is 10.0 Å². The van der Waals surface area contributed by atoms with Gasteiger partial charge in [0.25, 0.3) is 10.0 Å². The van der Waals surface area contributed by atoms with Gasteiger partial charge in [-0.25, -0.2) is 13.4 Å². The third-order valence-electron chi connectivity index (χ3n) is 4.61. The second kappa shape index (κ2) is 6.16. The highest BCUT2D eigenvalue weighted by Gasteiger charge is 2.29. The molecule has 0 bridgehead atoms. The number of aromatic nitrogens is 1. The van der Waals surface area contributed by atoms with Crippen molar-refractivity contribution in [1.29, 1.82) is 0 Å². The van der Waals surface area contributed by atoms with Gasteiger partial charge in [-0.05, 0) is 43.2 Å². The minimum Gasteiger partial charge on any atom is -0.490 e. The van der Waals surface area contributed by atoms with Crippen molar-refractivity contribution >= 4 is 26.8 Å². The molecule has 2 heterocycles. The second-order valence-electron chi connectivity index (χ2n) is 6.77. The van der Waals surface area contributed by atoms with E-state index in [1.165, 1.54) is 12.1 Å². The lowest BCUT2D eigenvalue weighted by Crippen LogP contribution is -2.13. The van der Waals surface area contributed by atoms with Crippen molar-refractivity contribution in [3.63, 3.8) is 0 Å². The lowest BCUT2D eigenvalue weighted by atomic mass is 10.3. The van der Waals surface area contributed by atoms with Crippen LogP contribution in [-0.2, 0) is 10.0 Å². The maximum atomic E-state index is 12.8. The van der Waals surface area contributed by atoms with Crippen LogP contribution in [-0.4, -0.2) is 26.6 Å². The number of oxazole rings is 1. The summed E-state index contributed by atoms with van der Waals surface area (Å²) < 4.78 is 45.0. The SMILES string of the molecule is O=S(=O)(Nc1ccc2oc(C3CC3)nc2c1)c1ccc2c(c1)OCCCO2. The van der Waals surface area contributed by atoms with Crippen LogP contribution in [0.15, 0.2) is 45.7 Å². The number of hydrogen-bond donors (Lipinski definition) is 1. The van der Waals surface area contributed by atoms with Crippen LogP contribution in [0.3, 0.4) is 0 Å². The van der Waals surface area contributed by atoms with Crippen LogP contribution in [0, 0.1) is 0 Å². The number of fused-ring (bicyclic) bond motifs is 2. The minimum atomic E-state index is -3.77. The Bertz CT molecular complexity index is 1120. The highest BCUT2D eigenvalue weighted by atomic mass is 32.2. The Balaban J connectivity index is 1.43. The monoisotopic (exact) mass is 386 g/mol. The molecule has 2 aliphatic rings. The molecule has 2 aromatic carbocycles. The Morgan fingerprint density at radius 1 is 1.00 bits per heavy atom. The zero-order chi connectivity index (χ0) is 18.4. The average Bonchev–Trinajstić information content (AvgIpc) is 3.44. The van der Waals surface area contributed by atoms with E-state index >= 15 is 0 Å². The standard InChI is InChI=1S/C19H18N2O5S/c22-27(23,14-5-7-17-18(11-14)25-9-1-8-24-17)21-13-4-6-16-15(10-13)20-19(26-16)12-2-3-12/h4-7,10-12,21H,1-3,8-9H2. The van der Waals surface area contributed by atoms with Gasteiger partial charge < -0.3 is 13.9 Å². The van der Waals surface area contributed by atoms with Crippen LogP contribution in [0.4, 0.5) is 5.69 Å². The van der Waals surface area contributed by atoms with Gasteiger partial charge in [0.2, 0.25) is 0 Å². The molecular weight excluding hydrogens is 368 g/mol. The minimum absolute atomic E-state index is 0.116. The van der Waals surface area contributed by atoms with Gasteiger partial charge in [-0.1, -0.05) is 0 Å². The van der Waals surface area contributed by atoms with E-state index in [1.54, 1.807) is 24.3 Å². The van der Waals surface area contributed by atoms with Crippen molar-refractivity contribution < 1.29 is 22.3 Å². The summed E-state index contributed by atoms with van der Waals surface area (Å²) in [5.74, 6) is 2.13. The van der Waals surface area contributed by atoms with E-state index in [-0.39, 0.29) is 4.90 Å². The molecule has 1 N–H and O–H groups in total. The number of nitrogens with one attached hydrogen (secondary N) is 1. The first-order valence-corrected chi connectivity index (χ1v) is 10.4. The Morgan fingerprint density at radius 2 is 1.81 bits per heavy atom. The van der Waals surface area contributed by atoms with Gasteiger partial charge in [0.15, 0.2) is 23.0 Å². The first-order valence-electron chi connectivity index (χ1n) is 8.91. The van der Waals surface area contributed by atoms with E-state index in [2.05, 4.69) is 9.71 Å². The largest absolute Gasteiger partial charge is 0.490 e. The van der Waals surface area contributed by atoms with Crippen molar-refractivity contribution in [1.82, 2.24) is 4.98 Å². The molecule has 0 atom stereocenters. The van der Waals surface area contributed by atoms with Crippen LogP contribution < -0.4 is 14.2 Å². The normalized spacial score (nSPS) is 16.9. The van der Waals surface area contributed by atoms with E-state index in [0.717, 1.165) is 25.2 Å². The molecule has 0 amide bonds. The molecule has 0 unspecified atom stereocenters. The fourth-order valence-corrected chi connectivity index (χ4v) is 4.10. The summed E-state index contributed by atoms with van der Waals surface area (Å²) in [5, 5.41) is 0. The second-order valence-corrected chi connectivity index (χ2v) is 8.46. The van der Waals surface area contributed by atoms with Gasteiger partial charge in [-0.2, -0.15) is 0 Å². The van der Waals surface area contributed by atoms with Gasteiger partial charge in [-0.3, -0.25) is 4.72 Å². The Morgan fingerprint density at radius 3 is 2.63 bits per heavy atom. The third-order valence-corrected chi connectivity index (χ3v) is 5.99. The highest BCUT2D eigenvalue weighted by Crippen LogP contribution is 2.41. The van der Waals surface area contributed by atoms with Crippen LogP contribution in [0.1, 0.15) is 31.1 Å². The summed E-state index contributed by atoms with van der Waals surface area (Å²) in [6.07, 6.45) is 2.95. The molecule has 8 heteroatoms. The number of rotatable bonds is 4. The quantitative estimate of drug-likeness (QED) is 0.736. The molecular formula is C19H18N2O5S. The first-order chi connectivity index (χ1) is 13.1. The predicted octanol–water partition coefficient (Wildman–Crippen LogP) is 3.67. The summed E-state index contributed by atoms with van der Waals surface area (Å²) in [6, 6.07) is 9.71. The van der Waals surface area contributed by atoms with Crippen molar-refractivity contribution in [2.24, 2.45) is 0 Å². The number of anilines is 1. The topological polar surface area (TPSA) is 90.7 Å². The Kier molecular flexibility index (Phi) is 3.75. The number of nitrogens with zero attached hydrogens (tertiary/aromatic N) is 1. The van der Waals surface area contributed by atoms with E-state index in [4.69, 9.17) is 13.9 Å². The molecule has 3 aromatic rings. The van der Waals surface area contributed by atoms with Crippen LogP contribution >= 0.6 is 0 Å². The molecule has 1 aliphatic carbocycles. The predicted molar refractivity (Wildman–Crippen MR) is 98.8 cm³/mol. The van der Waals surface area contributed by atoms with E-state index in [9.17, 15) is 8.42 Å². The van der Waals surface area contributed by atoms with Crippen LogP contribution in [0.25, 0.3) is 11.1 Å². The van der Waals surface area contributed by atoms with Crippen molar-refractivity contribution in [3.05, 3.63) is 42.3 Å². The van der Waals surface area contributed by atoms with Gasteiger partial charge in [-0.15, -0.1) is 0 Å². The molecule has 140 valence electrons. The molecule has 27 heavy (non-hydrogen) atoms. The number of benzene rings is 2. The highest BCUT2D eigenvalue weighted by molar-refractivity contribution is 7.92. The van der Waals surface area contributed by atoms with E-state index in [1.807, 2.05) is 0 Å². The summed E-state index contributed by atoms with van der Waals surface area (Å²) >= 11 is 0. The lowest BCUT2D eigenvalue weighted by molar-refractivity contribution is 0.297. The van der Waals surface area contributed by atoms with Gasteiger partial charge in [0, 0.05) is 18.4 Å². The molecule has 1 fully saturated rings. The van der Waals surface area contributed by atoms with Crippen molar-refractivity contribution in [2.75, 3.05) is 17.9 Å². The molecule has 0 spiro atoms. The summed E-state index contributed by atoms with van der Waals surface area (Å²) in [7, 11) is -3.77. The molecule has 5 rings (SSSR count). The maximum Gasteiger partial charge on any atom is 0.262 e. The van der Waals surface area contributed by atoms with Crippen LogP contribution in [0.5, 0.6) is 11.5 Å². The third kappa shape index (κ3) is 3.21. The molecule has 7 nitrogen and oxygen atoms in total. The molecule has 0 radical (unpaired) electrons. The van der Waals surface area contributed by atoms with Crippen molar-refractivity contribution in [3.8, 4) is 11.5 Å². The lowest BCUT2D eigenvalue weighted by Gasteiger charge is -2.11. The zero-order valence-corrected chi connectivity index (χ0v) is 15.3. The fraction of sp³-hybridized carbons (Fsp3) is 0.316. The Labute approximate surface area is 156 Å². The number of sulfonamides is 1. The number of hydrogen-bond acceptors (Lipinski definition) is 6. The molecule has 1 saturated carbocycles.